The first kappa shape index (κ1) is 12.6. The molecule has 98 valence electrons. The molecular weight excluding hydrogens is 247 g/mol. The molecule has 3 rings (SSSR count). The van der Waals surface area contributed by atoms with E-state index in [-0.39, 0.29) is 5.82 Å². The van der Waals surface area contributed by atoms with E-state index in [1.165, 1.54) is 0 Å². The molecule has 20 heavy (non-hydrogen) atoms. The third-order valence-electron chi connectivity index (χ3n) is 3.48. The Kier molecular flexibility index (Phi) is 3.34. The molecule has 0 aliphatic carbocycles. The molecule has 0 bridgehead atoms. The second-order valence-electron chi connectivity index (χ2n) is 4.88. The molecule has 0 saturated carbocycles. The van der Waals surface area contributed by atoms with Crippen molar-refractivity contribution in [3.63, 3.8) is 0 Å². The Morgan fingerprint density at radius 3 is 1.70 bits per heavy atom. The molecule has 0 nitrogen and oxygen atoms in total. The van der Waals surface area contributed by atoms with Gasteiger partial charge in [0.25, 0.3) is 0 Å². The summed E-state index contributed by atoms with van der Waals surface area (Å²) in [6.07, 6.45) is 0. The molecule has 3 aromatic carbocycles. The summed E-state index contributed by atoms with van der Waals surface area (Å²) in [5, 5.41) is 0. The minimum absolute atomic E-state index is 0.180. The average Bonchev–Trinajstić information content (AvgIpc) is 2.51. The number of aryl methyl sites for hydroxylation is 1. The third-order valence-corrected chi connectivity index (χ3v) is 3.48. The second-order valence-corrected chi connectivity index (χ2v) is 4.88. The lowest BCUT2D eigenvalue weighted by molar-refractivity contribution is 0.631. The maximum absolute atomic E-state index is 14.4. The Morgan fingerprint density at radius 2 is 1.15 bits per heavy atom. The lowest BCUT2D eigenvalue weighted by Gasteiger charge is -2.10. The van der Waals surface area contributed by atoms with Crippen LogP contribution in [0.2, 0.25) is 0 Å². The van der Waals surface area contributed by atoms with Crippen LogP contribution in [-0.2, 0) is 0 Å². The topological polar surface area (TPSA) is 0 Å². The molecule has 0 aliphatic rings. The van der Waals surface area contributed by atoms with Gasteiger partial charge in [0.15, 0.2) is 0 Å². The fourth-order valence-corrected chi connectivity index (χ4v) is 2.45. The molecule has 0 amide bonds. The van der Waals surface area contributed by atoms with Gasteiger partial charge in [-0.25, -0.2) is 4.39 Å². The molecule has 0 unspecified atom stereocenters. The van der Waals surface area contributed by atoms with Gasteiger partial charge in [-0.1, -0.05) is 60.7 Å². The van der Waals surface area contributed by atoms with Crippen molar-refractivity contribution in [2.24, 2.45) is 0 Å². The van der Waals surface area contributed by atoms with Crippen LogP contribution in [0.25, 0.3) is 22.3 Å². The Labute approximate surface area is 118 Å². The number of hydrogen-bond donors (Lipinski definition) is 0. The lowest BCUT2D eigenvalue weighted by atomic mass is 9.95. The minimum atomic E-state index is -0.180. The van der Waals surface area contributed by atoms with E-state index in [0.717, 1.165) is 22.3 Å². The lowest BCUT2D eigenvalue weighted by Crippen LogP contribution is -1.90. The fourth-order valence-electron chi connectivity index (χ4n) is 2.45. The van der Waals surface area contributed by atoms with Crippen molar-refractivity contribution in [3.05, 3.63) is 84.2 Å². The van der Waals surface area contributed by atoms with E-state index < -0.39 is 0 Å². The summed E-state index contributed by atoms with van der Waals surface area (Å²) in [5.41, 5.74) is 4.64. The Hall–Kier alpha value is -2.41. The normalized spacial score (nSPS) is 10.5. The van der Waals surface area contributed by atoms with Gasteiger partial charge in [0.05, 0.1) is 0 Å². The molecule has 3 aromatic rings. The highest BCUT2D eigenvalue weighted by molar-refractivity contribution is 5.74. The van der Waals surface area contributed by atoms with Crippen LogP contribution in [0.1, 0.15) is 5.56 Å². The van der Waals surface area contributed by atoms with Crippen molar-refractivity contribution < 1.29 is 4.39 Å². The van der Waals surface area contributed by atoms with Crippen LogP contribution in [0.3, 0.4) is 0 Å². The average molecular weight is 262 g/mol. The molecule has 0 radical (unpaired) electrons. The van der Waals surface area contributed by atoms with E-state index in [4.69, 9.17) is 0 Å². The predicted molar refractivity (Wildman–Crippen MR) is 82.0 cm³/mol. The quantitative estimate of drug-likeness (QED) is 0.574. The Bertz CT molecular complexity index is 650. The van der Waals surface area contributed by atoms with E-state index in [9.17, 15) is 4.39 Å². The highest BCUT2D eigenvalue weighted by atomic mass is 19.1. The number of halogens is 1. The molecule has 0 aliphatic heterocycles. The molecule has 0 atom stereocenters. The Balaban J connectivity index is 2.13. The van der Waals surface area contributed by atoms with Gasteiger partial charge in [0.2, 0.25) is 0 Å². The third kappa shape index (κ3) is 2.35. The second kappa shape index (κ2) is 5.30. The van der Waals surface area contributed by atoms with E-state index in [1.54, 1.807) is 6.07 Å². The smallest absolute Gasteiger partial charge is 0.131 e. The van der Waals surface area contributed by atoms with Gasteiger partial charge in [0, 0.05) is 5.56 Å². The zero-order valence-electron chi connectivity index (χ0n) is 11.3. The van der Waals surface area contributed by atoms with Crippen LogP contribution < -0.4 is 0 Å². The zero-order chi connectivity index (χ0) is 13.9. The summed E-state index contributed by atoms with van der Waals surface area (Å²) in [5.74, 6) is -0.180. The summed E-state index contributed by atoms with van der Waals surface area (Å²) in [6, 6.07) is 23.1. The SMILES string of the molecule is Cc1cc(-c2ccccc2)c(F)cc1-c1ccccc1. The highest BCUT2D eigenvalue weighted by Gasteiger charge is 2.10. The van der Waals surface area contributed by atoms with Crippen molar-refractivity contribution in [3.8, 4) is 22.3 Å². The first-order valence-corrected chi connectivity index (χ1v) is 6.67. The van der Waals surface area contributed by atoms with Crippen molar-refractivity contribution in [1.29, 1.82) is 0 Å². The molecule has 0 aromatic heterocycles. The van der Waals surface area contributed by atoms with Crippen LogP contribution in [0.4, 0.5) is 4.39 Å². The number of hydrogen-bond acceptors (Lipinski definition) is 0. The van der Waals surface area contributed by atoms with E-state index >= 15 is 0 Å². The van der Waals surface area contributed by atoms with Gasteiger partial charge >= 0.3 is 0 Å². The maximum Gasteiger partial charge on any atom is 0.131 e. The zero-order valence-corrected chi connectivity index (χ0v) is 11.3. The maximum atomic E-state index is 14.4. The van der Waals surface area contributed by atoms with Crippen molar-refractivity contribution in [2.45, 2.75) is 6.92 Å². The summed E-state index contributed by atoms with van der Waals surface area (Å²) >= 11 is 0. The van der Waals surface area contributed by atoms with Gasteiger partial charge < -0.3 is 0 Å². The summed E-state index contributed by atoms with van der Waals surface area (Å²) in [7, 11) is 0. The van der Waals surface area contributed by atoms with Crippen LogP contribution in [0.15, 0.2) is 72.8 Å². The molecular formula is C19H15F. The van der Waals surface area contributed by atoms with Crippen LogP contribution >= 0.6 is 0 Å². The molecule has 0 saturated heterocycles. The van der Waals surface area contributed by atoms with Crippen LogP contribution in [0, 0.1) is 12.7 Å². The van der Waals surface area contributed by atoms with E-state index in [0.29, 0.717) is 5.56 Å². The summed E-state index contributed by atoms with van der Waals surface area (Å²) in [6.45, 7) is 2.02. The molecule has 0 spiro atoms. The van der Waals surface area contributed by atoms with Crippen molar-refractivity contribution in [1.82, 2.24) is 0 Å². The molecule has 1 heteroatoms. The van der Waals surface area contributed by atoms with Crippen molar-refractivity contribution >= 4 is 0 Å². The number of rotatable bonds is 2. The van der Waals surface area contributed by atoms with Gasteiger partial charge in [0.1, 0.15) is 5.82 Å². The van der Waals surface area contributed by atoms with Crippen molar-refractivity contribution in [2.75, 3.05) is 0 Å². The highest BCUT2D eigenvalue weighted by Crippen LogP contribution is 2.30. The van der Waals surface area contributed by atoms with Crippen LogP contribution in [0.5, 0.6) is 0 Å². The van der Waals surface area contributed by atoms with E-state index in [2.05, 4.69) is 0 Å². The van der Waals surface area contributed by atoms with E-state index in [1.807, 2.05) is 73.7 Å². The largest absolute Gasteiger partial charge is 0.206 e. The summed E-state index contributed by atoms with van der Waals surface area (Å²) < 4.78 is 14.4. The summed E-state index contributed by atoms with van der Waals surface area (Å²) in [4.78, 5) is 0. The fraction of sp³-hybridized carbons (Fsp3) is 0.0526. The predicted octanol–water partition coefficient (Wildman–Crippen LogP) is 5.47. The molecule has 0 N–H and O–H groups in total. The minimum Gasteiger partial charge on any atom is -0.206 e. The number of benzene rings is 3. The first-order chi connectivity index (χ1) is 9.75. The van der Waals surface area contributed by atoms with Gasteiger partial charge in [-0.3, -0.25) is 0 Å². The standard InChI is InChI=1S/C19H15F/c1-14-12-18(16-10-6-3-7-11-16)19(20)13-17(14)15-8-4-2-5-9-15/h2-13H,1H3. The molecule has 0 heterocycles. The van der Waals surface area contributed by atoms with Gasteiger partial charge in [-0.15, -0.1) is 0 Å². The molecule has 0 fully saturated rings. The van der Waals surface area contributed by atoms with Gasteiger partial charge in [-0.2, -0.15) is 0 Å². The Morgan fingerprint density at radius 1 is 0.650 bits per heavy atom. The first-order valence-electron chi connectivity index (χ1n) is 6.67. The van der Waals surface area contributed by atoms with Gasteiger partial charge in [-0.05, 0) is 41.3 Å². The monoisotopic (exact) mass is 262 g/mol. The van der Waals surface area contributed by atoms with Crippen LogP contribution in [-0.4, -0.2) is 0 Å².